The molecule has 0 unspecified atom stereocenters. The maximum absolute atomic E-state index is 12.4. The molecule has 2 heterocycles. The fourth-order valence-corrected chi connectivity index (χ4v) is 2.32. The van der Waals surface area contributed by atoms with E-state index in [1.807, 2.05) is 24.3 Å². The molecule has 0 spiro atoms. The summed E-state index contributed by atoms with van der Waals surface area (Å²) in [7, 11) is 1.72. The second kappa shape index (κ2) is 7.44. The third kappa shape index (κ3) is 3.92. The van der Waals surface area contributed by atoms with Crippen molar-refractivity contribution in [2.24, 2.45) is 0 Å². The molecule has 25 heavy (non-hydrogen) atoms. The van der Waals surface area contributed by atoms with E-state index in [9.17, 15) is 9.59 Å². The van der Waals surface area contributed by atoms with Crippen LogP contribution in [-0.4, -0.2) is 23.8 Å². The Morgan fingerprint density at radius 3 is 2.40 bits per heavy atom. The summed E-state index contributed by atoms with van der Waals surface area (Å²) in [4.78, 5) is 29.8. The largest absolute Gasteiger partial charge is 0.472 e. The highest BCUT2D eigenvalue weighted by Crippen LogP contribution is 2.16. The highest BCUT2D eigenvalue weighted by molar-refractivity contribution is 6.05. The van der Waals surface area contributed by atoms with Gasteiger partial charge in [0.1, 0.15) is 6.26 Å². The zero-order chi connectivity index (χ0) is 17.6. The number of anilines is 1. The van der Waals surface area contributed by atoms with Gasteiger partial charge in [0.05, 0.1) is 11.8 Å². The molecule has 0 aliphatic heterocycles. The standard InChI is InChI=1S/C19H17N3O3/c1-22(19(24)15-6-9-20-10-7-15)17-4-2-14(3-5-17)12-21-18(23)16-8-11-25-13-16/h2-11,13H,12H2,1H3,(H,21,23). The monoisotopic (exact) mass is 335 g/mol. The van der Waals surface area contributed by atoms with E-state index in [-0.39, 0.29) is 11.8 Å². The smallest absolute Gasteiger partial charge is 0.258 e. The third-order valence-electron chi connectivity index (χ3n) is 3.79. The summed E-state index contributed by atoms with van der Waals surface area (Å²) in [6.45, 7) is 0.395. The van der Waals surface area contributed by atoms with Crippen LogP contribution >= 0.6 is 0 Å². The molecule has 0 bridgehead atoms. The van der Waals surface area contributed by atoms with Crippen LogP contribution in [0.2, 0.25) is 0 Å². The van der Waals surface area contributed by atoms with Crippen LogP contribution in [0.1, 0.15) is 26.3 Å². The van der Waals surface area contributed by atoms with Gasteiger partial charge in [-0.15, -0.1) is 0 Å². The normalized spacial score (nSPS) is 10.3. The van der Waals surface area contributed by atoms with Crippen molar-refractivity contribution in [3.05, 3.63) is 84.1 Å². The number of hydrogen-bond donors (Lipinski definition) is 1. The van der Waals surface area contributed by atoms with Crippen molar-refractivity contribution in [3.63, 3.8) is 0 Å². The van der Waals surface area contributed by atoms with Gasteiger partial charge >= 0.3 is 0 Å². The van der Waals surface area contributed by atoms with E-state index < -0.39 is 0 Å². The van der Waals surface area contributed by atoms with Crippen molar-refractivity contribution in [2.45, 2.75) is 6.54 Å². The minimum absolute atomic E-state index is 0.108. The Hall–Kier alpha value is -3.41. The van der Waals surface area contributed by atoms with Gasteiger partial charge in [-0.3, -0.25) is 14.6 Å². The third-order valence-corrected chi connectivity index (χ3v) is 3.79. The average Bonchev–Trinajstić information content (AvgIpc) is 3.21. The molecular weight excluding hydrogens is 318 g/mol. The minimum atomic E-state index is -0.192. The van der Waals surface area contributed by atoms with Crippen LogP contribution in [0, 0.1) is 0 Å². The summed E-state index contributed by atoms with van der Waals surface area (Å²) in [5.41, 5.74) is 2.77. The Morgan fingerprint density at radius 2 is 1.76 bits per heavy atom. The van der Waals surface area contributed by atoms with E-state index in [0.29, 0.717) is 17.7 Å². The van der Waals surface area contributed by atoms with Crippen LogP contribution in [0.15, 0.2) is 71.8 Å². The van der Waals surface area contributed by atoms with E-state index in [1.54, 1.807) is 42.5 Å². The summed E-state index contributed by atoms with van der Waals surface area (Å²) in [5, 5.41) is 2.81. The number of nitrogens with zero attached hydrogens (tertiary/aromatic N) is 2. The predicted octanol–water partition coefficient (Wildman–Crippen LogP) is 2.88. The number of pyridine rings is 1. The van der Waals surface area contributed by atoms with Crippen LogP contribution in [0.5, 0.6) is 0 Å². The topological polar surface area (TPSA) is 75.4 Å². The van der Waals surface area contributed by atoms with Crippen molar-refractivity contribution >= 4 is 17.5 Å². The SMILES string of the molecule is CN(C(=O)c1ccncc1)c1ccc(CNC(=O)c2ccoc2)cc1. The molecule has 0 saturated heterocycles. The molecular formula is C19H17N3O3. The van der Waals surface area contributed by atoms with Crippen LogP contribution in [0.4, 0.5) is 5.69 Å². The van der Waals surface area contributed by atoms with Crippen molar-refractivity contribution in [1.82, 2.24) is 10.3 Å². The minimum Gasteiger partial charge on any atom is -0.472 e. The molecule has 2 amide bonds. The number of carbonyl (C=O) groups is 2. The number of rotatable bonds is 5. The van der Waals surface area contributed by atoms with Crippen LogP contribution in [-0.2, 0) is 6.54 Å². The number of nitrogens with one attached hydrogen (secondary N) is 1. The zero-order valence-corrected chi connectivity index (χ0v) is 13.7. The quantitative estimate of drug-likeness (QED) is 0.778. The van der Waals surface area contributed by atoms with Crippen molar-refractivity contribution in [3.8, 4) is 0 Å². The molecule has 1 N–H and O–H groups in total. The van der Waals surface area contributed by atoms with E-state index in [2.05, 4.69) is 10.3 Å². The van der Waals surface area contributed by atoms with Gasteiger partial charge in [0, 0.05) is 37.2 Å². The highest BCUT2D eigenvalue weighted by atomic mass is 16.3. The number of aromatic nitrogens is 1. The molecule has 3 aromatic rings. The lowest BCUT2D eigenvalue weighted by atomic mass is 10.1. The summed E-state index contributed by atoms with van der Waals surface area (Å²) < 4.78 is 4.89. The van der Waals surface area contributed by atoms with Crippen molar-refractivity contribution in [1.29, 1.82) is 0 Å². The van der Waals surface area contributed by atoms with E-state index in [1.165, 1.54) is 12.5 Å². The van der Waals surface area contributed by atoms with E-state index >= 15 is 0 Å². The van der Waals surface area contributed by atoms with Crippen molar-refractivity contribution < 1.29 is 14.0 Å². The van der Waals surface area contributed by atoms with Gasteiger partial charge in [-0.25, -0.2) is 0 Å². The fourth-order valence-electron chi connectivity index (χ4n) is 2.32. The highest BCUT2D eigenvalue weighted by Gasteiger charge is 2.13. The van der Waals surface area contributed by atoms with Gasteiger partial charge in [0.15, 0.2) is 0 Å². The first kappa shape index (κ1) is 16.4. The predicted molar refractivity (Wildman–Crippen MR) is 93.3 cm³/mol. The van der Waals surface area contributed by atoms with Crippen molar-refractivity contribution in [2.75, 3.05) is 11.9 Å². The van der Waals surface area contributed by atoms with Gasteiger partial charge in [0.2, 0.25) is 0 Å². The summed E-state index contributed by atoms with van der Waals surface area (Å²) in [6, 6.07) is 12.4. The summed E-state index contributed by atoms with van der Waals surface area (Å²) in [6.07, 6.45) is 6.04. The Balaban J connectivity index is 1.62. The van der Waals surface area contributed by atoms with E-state index in [4.69, 9.17) is 4.42 Å². The second-order valence-electron chi connectivity index (χ2n) is 5.46. The molecule has 0 aliphatic rings. The Morgan fingerprint density at radius 1 is 1.04 bits per heavy atom. The number of amides is 2. The summed E-state index contributed by atoms with van der Waals surface area (Å²) >= 11 is 0. The maximum atomic E-state index is 12.4. The van der Waals surface area contributed by atoms with Gasteiger partial charge < -0.3 is 14.6 Å². The number of hydrogen-bond acceptors (Lipinski definition) is 4. The van der Waals surface area contributed by atoms with Gasteiger partial charge in [-0.1, -0.05) is 12.1 Å². The second-order valence-corrected chi connectivity index (χ2v) is 5.46. The lowest BCUT2D eigenvalue weighted by molar-refractivity contribution is 0.0949. The lowest BCUT2D eigenvalue weighted by Gasteiger charge is -2.17. The van der Waals surface area contributed by atoms with Crippen LogP contribution in [0.3, 0.4) is 0 Å². The Bertz CT molecular complexity index is 843. The molecule has 0 atom stereocenters. The molecule has 1 aromatic carbocycles. The zero-order valence-electron chi connectivity index (χ0n) is 13.7. The first-order chi connectivity index (χ1) is 12.1. The fraction of sp³-hybridized carbons (Fsp3) is 0.105. The summed E-state index contributed by atoms with van der Waals surface area (Å²) in [5.74, 6) is -0.300. The van der Waals surface area contributed by atoms with E-state index in [0.717, 1.165) is 11.3 Å². The number of carbonyl (C=O) groups excluding carboxylic acids is 2. The van der Waals surface area contributed by atoms with Gasteiger partial charge in [0.25, 0.3) is 11.8 Å². The molecule has 126 valence electrons. The number of benzene rings is 1. The molecule has 2 aromatic heterocycles. The maximum Gasteiger partial charge on any atom is 0.258 e. The first-order valence-electron chi connectivity index (χ1n) is 7.72. The molecule has 0 aliphatic carbocycles. The molecule has 6 heteroatoms. The van der Waals surface area contributed by atoms with Gasteiger partial charge in [-0.2, -0.15) is 0 Å². The average molecular weight is 335 g/mol. The first-order valence-corrected chi connectivity index (χ1v) is 7.72. The van der Waals surface area contributed by atoms with Crippen LogP contribution in [0.25, 0.3) is 0 Å². The lowest BCUT2D eigenvalue weighted by Crippen LogP contribution is -2.26. The van der Waals surface area contributed by atoms with Crippen LogP contribution < -0.4 is 10.2 Å². The number of furan rings is 1. The molecule has 0 fully saturated rings. The molecule has 0 saturated carbocycles. The Kier molecular flexibility index (Phi) is 4.89. The molecule has 3 rings (SSSR count). The molecule has 6 nitrogen and oxygen atoms in total. The molecule has 0 radical (unpaired) electrons. The van der Waals surface area contributed by atoms with Gasteiger partial charge in [-0.05, 0) is 35.9 Å². The Labute approximate surface area is 145 Å².